The van der Waals surface area contributed by atoms with E-state index in [0.29, 0.717) is 24.2 Å². The second kappa shape index (κ2) is 20.2. The number of amides is 3. The molecule has 0 rings (SSSR count). The first-order valence-corrected chi connectivity index (χ1v) is 13.0. The molecule has 0 fully saturated rings. The lowest BCUT2D eigenvalue weighted by atomic mass is 10.0. The van der Waals surface area contributed by atoms with Gasteiger partial charge in [0.05, 0.1) is 13.1 Å². The quantitative estimate of drug-likeness (QED) is 0.0705. The number of carbonyl (C=O) groups excluding carboxylic acids is 4. The van der Waals surface area contributed by atoms with E-state index < -0.39 is 54.6 Å². The Labute approximate surface area is 213 Å². The van der Waals surface area contributed by atoms with Crippen LogP contribution in [-0.4, -0.2) is 77.0 Å². The first kappa shape index (κ1) is 33.0. The number of aliphatic carboxylic acids is 1. The first-order chi connectivity index (χ1) is 16.7. The van der Waals surface area contributed by atoms with Crippen LogP contribution in [0.5, 0.6) is 0 Å². The average Bonchev–Trinajstić information content (AvgIpc) is 2.84. The van der Waals surface area contributed by atoms with Crippen LogP contribution in [0, 0.1) is 0 Å². The van der Waals surface area contributed by atoms with Gasteiger partial charge in [-0.1, -0.05) is 38.5 Å². The topological polar surface area (TPSA) is 199 Å². The molecule has 35 heavy (non-hydrogen) atoms. The number of hydrogen-bond donors (Lipinski definition) is 6. The minimum atomic E-state index is -1.63. The summed E-state index contributed by atoms with van der Waals surface area (Å²) in [5, 5.41) is 11.4. The molecular formula is C23H43N5O6S. The fraction of sp³-hybridized carbons (Fsp3) is 0.783. The molecule has 0 radical (unpaired) electrons. The predicted octanol–water partition coefficient (Wildman–Crippen LogP) is 0.336. The summed E-state index contributed by atoms with van der Waals surface area (Å²) in [6.07, 6.45) is 9.00. The maximum absolute atomic E-state index is 12.9. The fourth-order valence-corrected chi connectivity index (χ4v) is 3.78. The normalized spacial score (nSPS) is 12.6. The summed E-state index contributed by atoms with van der Waals surface area (Å²) < 4.78 is 0. The smallest absolute Gasteiger partial charge is 0.320 e. The van der Waals surface area contributed by atoms with Crippen LogP contribution in [-0.2, 0) is 24.0 Å². The number of nitrogens with two attached hydrogens (primary N) is 3. The van der Waals surface area contributed by atoms with Gasteiger partial charge in [0.15, 0.2) is 11.8 Å². The molecule has 11 nitrogen and oxygen atoms in total. The number of rotatable bonds is 21. The summed E-state index contributed by atoms with van der Waals surface area (Å²) >= 11 is 4.19. The number of imide groups is 1. The van der Waals surface area contributed by atoms with E-state index in [1.165, 1.54) is 0 Å². The van der Waals surface area contributed by atoms with Crippen LogP contribution in [0.3, 0.4) is 0 Å². The van der Waals surface area contributed by atoms with Crippen molar-refractivity contribution in [2.75, 3.05) is 25.4 Å². The lowest BCUT2D eigenvalue weighted by molar-refractivity contribution is -0.154. The van der Waals surface area contributed by atoms with Crippen LogP contribution in [0.15, 0.2) is 0 Å². The molecule has 0 spiro atoms. The number of ketones is 1. The Morgan fingerprint density at radius 3 is 1.80 bits per heavy atom. The van der Waals surface area contributed by atoms with Crippen molar-refractivity contribution in [3.8, 4) is 0 Å². The van der Waals surface area contributed by atoms with E-state index in [9.17, 15) is 24.0 Å². The molecule has 0 bridgehead atoms. The van der Waals surface area contributed by atoms with Crippen LogP contribution in [0.2, 0.25) is 0 Å². The lowest BCUT2D eigenvalue weighted by Gasteiger charge is -2.28. The predicted molar refractivity (Wildman–Crippen MR) is 137 cm³/mol. The Bertz CT molecular complexity index is 663. The van der Waals surface area contributed by atoms with Gasteiger partial charge in [0.2, 0.25) is 11.8 Å². The van der Waals surface area contributed by atoms with Crippen molar-refractivity contribution >= 4 is 42.1 Å². The number of nitrogens with one attached hydrogen (secondary N) is 1. The number of carboxylic acids is 1. The molecule has 202 valence electrons. The second-order valence-electron chi connectivity index (χ2n) is 8.47. The Hall–Kier alpha value is -2.02. The summed E-state index contributed by atoms with van der Waals surface area (Å²) in [4.78, 5) is 61.8. The maximum Gasteiger partial charge on any atom is 0.320 e. The molecule has 0 aliphatic rings. The van der Waals surface area contributed by atoms with Crippen molar-refractivity contribution in [2.24, 2.45) is 17.2 Å². The van der Waals surface area contributed by atoms with Crippen LogP contribution in [0.25, 0.3) is 0 Å². The Balaban J connectivity index is 4.92. The standard InChI is InChI=1S/C23H43N5O6S/c24-15-19(30)28(20(31)16-25)21(22(32)27-13-9-8-11-17(26)23(33)34)18(29)12-7-5-3-1-2-4-6-10-14-35/h17,21,35H,1-16,24-26H2,(H,27,32)(H,33,34)/t17-,21?/m0/s1. The van der Waals surface area contributed by atoms with Gasteiger partial charge in [-0.2, -0.15) is 12.6 Å². The van der Waals surface area contributed by atoms with Gasteiger partial charge in [0, 0.05) is 13.0 Å². The molecule has 2 atom stereocenters. The monoisotopic (exact) mass is 517 g/mol. The molecular weight excluding hydrogens is 474 g/mol. The average molecular weight is 518 g/mol. The number of unbranched alkanes of at least 4 members (excludes halogenated alkanes) is 8. The molecule has 0 aliphatic heterocycles. The summed E-state index contributed by atoms with van der Waals surface area (Å²) in [6, 6.07) is -2.63. The third kappa shape index (κ3) is 14.2. The van der Waals surface area contributed by atoms with Gasteiger partial charge < -0.3 is 27.6 Å². The lowest BCUT2D eigenvalue weighted by Crippen LogP contribution is -2.58. The van der Waals surface area contributed by atoms with E-state index in [-0.39, 0.29) is 19.4 Å². The molecule has 0 saturated carbocycles. The number of hydrogen-bond acceptors (Lipinski definition) is 9. The molecule has 0 heterocycles. The highest BCUT2D eigenvalue weighted by atomic mass is 32.1. The van der Waals surface area contributed by atoms with Crippen molar-refractivity contribution in [1.29, 1.82) is 0 Å². The molecule has 3 amide bonds. The van der Waals surface area contributed by atoms with E-state index in [1.807, 2.05) is 0 Å². The van der Waals surface area contributed by atoms with E-state index in [0.717, 1.165) is 50.7 Å². The highest BCUT2D eigenvalue weighted by Gasteiger charge is 2.38. The molecule has 1 unspecified atom stereocenters. The molecule has 8 N–H and O–H groups in total. The van der Waals surface area contributed by atoms with E-state index in [4.69, 9.17) is 22.3 Å². The minimum Gasteiger partial charge on any atom is -0.480 e. The number of nitrogens with zero attached hydrogens (tertiary/aromatic N) is 1. The zero-order valence-electron chi connectivity index (χ0n) is 20.6. The maximum atomic E-state index is 12.9. The van der Waals surface area contributed by atoms with Crippen LogP contribution in [0.1, 0.15) is 77.0 Å². The van der Waals surface area contributed by atoms with Gasteiger partial charge in [-0.15, -0.1) is 0 Å². The molecule has 0 saturated heterocycles. The van der Waals surface area contributed by atoms with Crippen molar-refractivity contribution in [3.63, 3.8) is 0 Å². The van der Waals surface area contributed by atoms with Crippen molar-refractivity contribution in [1.82, 2.24) is 10.2 Å². The number of Topliss-reactive ketones (excluding diaryl/α,β-unsaturated/α-hetero) is 1. The molecule has 0 aromatic carbocycles. The van der Waals surface area contributed by atoms with E-state index >= 15 is 0 Å². The van der Waals surface area contributed by atoms with Gasteiger partial charge in [-0.3, -0.25) is 28.9 Å². The van der Waals surface area contributed by atoms with E-state index in [2.05, 4.69) is 17.9 Å². The third-order valence-electron chi connectivity index (χ3n) is 5.59. The summed E-state index contributed by atoms with van der Waals surface area (Å²) in [5.41, 5.74) is 16.3. The zero-order chi connectivity index (χ0) is 26.6. The summed E-state index contributed by atoms with van der Waals surface area (Å²) in [5.74, 6) is -3.26. The Kier molecular flexibility index (Phi) is 19.0. The van der Waals surface area contributed by atoms with Crippen LogP contribution >= 0.6 is 12.6 Å². The zero-order valence-corrected chi connectivity index (χ0v) is 21.5. The largest absolute Gasteiger partial charge is 0.480 e. The van der Waals surface area contributed by atoms with Gasteiger partial charge in [0.25, 0.3) is 5.91 Å². The van der Waals surface area contributed by atoms with Crippen molar-refractivity contribution < 1.29 is 29.1 Å². The van der Waals surface area contributed by atoms with Crippen LogP contribution < -0.4 is 22.5 Å². The fourth-order valence-electron chi connectivity index (χ4n) is 3.56. The first-order valence-electron chi connectivity index (χ1n) is 12.4. The Morgan fingerprint density at radius 2 is 1.31 bits per heavy atom. The highest BCUT2D eigenvalue weighted by Crippen LogP contribution is 2.13. The summed E-state index contributed by atoms with van der Waals surface area (Å²) in [7, 11) is 0. The number of carbonyl (C=O) groups is 5. The van der Waals surface area contributed by atoms with Gasteiger partial charge in [0.1, 0.15) is 6.04 Å². The highest BCUT2D eigenvalue weighted by molar-refractivity contribution is 7.80. The summed E-state index contributed by atoms with van der Waals surface area (Å²) in [6.45, 7) is -0.976. The van der Waals surface area contributed by atoms with Gasteiger partial charge in [-0.25, -0.2) is 0 Å². The van der Waals surface area contributed by atoms with Crippen LogP contribution in [0.4, 0.5) is 0 Å². The number of thiol groups is 1. The SMILES string of the molecule is NCC(=O)N(C(=O)CN)C(C(=O)CCCCCCCCCCS)C(=O)NCCCC[C@H](N)C(=O)O. The minimum absolute atomic E-state index is 0.0391. The van der Waals surface area contributed by atoms with Crippen molar-refractivity contribution in [2.45, 2.75) is 89.1 Å². The molecule has 0 aliphatic carbocycles. The van der Waals surface area contributed by atoms with Crippen molar-refractivity contribution in [3.05, 3.63) is 0 Å². The van der Waals surface area contributed by atoms with E-state index in [1.54, 1.807) is 0 Å². The molecule has 0 aromatic rings. The van der Waals surface area contributed by atoms with Gasteiger partial charge in [-0.05, 0) is 37.9 Å². The number of carboxylic acid groups (broad SMARTS) is 1. The molecule has 0 aromatic heterocycles. The second-order valence-corrected chi connectivity index (χ2v) is 8.92. The van der Waals surface area contributed by atoms with Gasteiger partial charge >= 0.3 is 5.97 Å². The molecule has 12 heteroatoms. The third-order valence-corrected chi connectivity index (χ3v) is 5.90. The Morgan fingerprint density at radius 1 is 0.800 bits per heavy atom.